The van der Waals surface area contributed by atoms with Crippen LogP contribution in [0.1, 0.15) is 33.1 Å². The molecule has 4 heteroatoms. The predicted molar refractivity (Wildman–Crippen MR) is 66.1 cm³/mol. The SMILES string of the molecule is CC(C)C(N)CCN(C)CC(=O)NC1CC1. The van der Waals surface area contributed by atoms with Crippen molar-refractivity contribution >= 4 is 5.91 Å². The van der Waals surface area contributed by atoms with Gasteiger partial charge in [0, 0.05) is 12.1 Å². The van der Waals surface area contributed by atoms with Crippen molar-refractivity contribution in [2.24, 2.45) is 11.7 Å². The third-order valence-corrected chi connectivity index (χ3v) is 3.06. The molecule has 3 N–H and O–H groups in total. The fourth-order valence-electron chi connectivity index (χ4n) is 1.53. The van der Waals surface area contributed by atoms with Crippen molar-refractivity contribution in [2.45, 2.75) is 45.2 Å². The number of rotatable bonds is 7. The lowest BCUT2D eigenvalue weighted by Crippen LogP contribution is -2.38. The van der Waals surface area contributed by atoms with E-state index in [1.165, 1.54) is 0 Å². The Morgan fingerprint density at radius 1 is 1.50 bits per heavy atom. The van der Waals surface area contributed by atoms with Gasteiger partial charge in [-0.15, -0.1) is 0 Å². The Bertz CT molecular complexity index is 226. The van der Waals surface area contributed by atoms with Gasteiger partial charge in [0.25, 0.3) is 0 Å². The van der Waals surface area contributed by atoms with Crippen LogP contribution in [0.25, 0.3) is 0 Å². The van der Waals surface area contributed by atoms with Gasteiger partial charge in [-0.2, -0.15) is 0 Å². The average Bonchev–Trinajstić information content (AvgIpc) is 2.97. The fourth-order valence-corrected chi connectivity index (χ4v) is 1.53. The molecule has 94 valence electrons. The molecule has 1 saturated carbocycles. The van der Waals surface area contributed by atoms with Crippen molar-refractivity contribution in [1.29, 1.82) is 0 Å². The van der Waals surface area contributed by atoms with E-state index < -0.39 is 0 Å². The summed E-state index contributed by atoms with van der Waals surface area (Å²) in [6.07, 6.45) is 3.24. The van der Waals surface area contributed by atoms with Crippen molar-refractivity contribution in [1.82, 2.24) is 10.2 Å². The van der Waals surface area contributed by atoms with Crippen molar-refractivity contribution in [3.63, 3.8) is 0 Å². The van der Waals surface area contributed by atoms with Gasteiger partial charge in [-0.3, -0.25) is 9.69 Å². The third kappa shape index (κ3) is 5.47. The number of hydrogen-bond acceptors (Lipinski definition) is 3. The monoisotopic (exact) mass is 227 g/mol. The van der Waals surface area contributed by atoms with Crippen LogP contribution in [0.4, 0.5) is 0 Å². The van der Waals surface area contributed by atoms with Crippen LogP contribution >= 0.6 is 0 Å². The molecule has 1 aliphatic carbocycles. The molecule has 16 heavy (non-hydrogen) atoms. The van der Waals surface area contributed by atoms with Crippen LogP contribution in [0.2, 0.25) is 0 Å². The van der Waals surface area contributed by atoms with E-state index in [0.29, 0.717) is 18.5 Å². The molecule has 0 bridgehead atoms. The molecule has 0 heterocycles. The Balaban J connectivity index is 2.09. The lowest BCUT2D eigenvalue weighted by Gasteiger charge is -2.20. The Morgan fingerprint density at radius 2 is 2.12 bits per heavy atom. The predicted octanol–water partition coefficient (Wildman–Crippen LogP) is 0.570. The minimum absolute atomic E-state index is 0.142. The number of nitrogens with one attached hydrogen (secondary N) is 1. The van der Waals surface area contributed by atoms with Crippen LogP contribution in [0.5, 0.6) is 0 Å². The maximum absolute atomic E-state index is 11.5. The molecule has 0 spiro atoms. The normalized spacial score (nSPS) is 17.9. The van der Waals surface area contributed by atoms with Gasteiger partial charge in [0.2, 0.25) is 5.91 Å². The van der Waals surface area contributed by atoms with E-state index in [4.69, 9.17) is 5.73 Å². The molecule has 0 radical (unpaired) electrons. The van der Waals surface area contributed by atoms with Crippen LogP contribution in [0, 0.1) is 5.92 Å². The van der Waals surface area contributed by atoms with E-state index in [1.807, 2.05) is 11.9 Å². The van der Waals surface area contributed by atoms with E-state index in [0.717, 1.165) is 25.8 Å². The lowest BCUT2D eigenvalue weighted by atomic mass is 10.0. The molecule has 0 aromatic heterocycles. The molecule has 1 amide bonds. The smallest absolute Gasteiger partial charge is 0.234 e. The maximum atomic E-state index is 11.5. The summed E-state index contributed by atoms with van der Waals surface area (Å²) in [5.41, 5.74) is 5.96. The minimum atomic E-state index is 0.142. The van der Waals surface area contributed by atoms with E-state index in [2.05, 4.69) is 19.2 Å². The first-order valence-electron chi connectivity index (χ1n) is 6.22. The minimum Gasteiger partial charge on any atom is -0.352 e. The number of hydrogen-bond donors (Lipinski definition) is 2. The fraction of sp³-hybridized carbons (Fsp3) is 0.917. The molecule has 1 fully saturated rings. The second kappa shape index (κ2) is 6.21. The second-order valence-corrected chi connectivity index (χ2v) is 5.28. The largest absolute Gasteiger partial charge is 0.352 e. The first kappa shape index (κ1) is 13.5. The van der Waals surface area contributed by atoms with Crippen LogP contribution in [-0.4, -0.2) is 43.0 Å². The van der Waals surface area contributed by atoms with Crippen LogP contribution in [0.3, 0.4) is 0 Å². The highest BCUT2D eigenvalue weighted by Crippen LogP contribution is 2.18. The van der Waals surface area contributed by atoms with Gasteiger partial charge in [0.15, 0.2) is 0 Å². The van der Waals surface area contributed by atoms with Crippen molar-refractivity contribution in [2.75, 3.05) is 20.1 Å². The first-order chi connectivity index (χ1) is 7.49. The Hall–Kier alpha value is -0.610. The second-order valence-electron chi connectivity index (χ2n) is 5.28. The maximum Gasteiger partial charge on any atom is 0.234 e. The summed E-state index contributed by atoms with van der Waals surface area (Å²) < 4.78 is 0. The molecule has 0 saturated heterocycles. The van der Waals surface area contributed by atoms with Crippen molar-refractivity contribution < 1.29 is 4.79 Å². The highest BCUT2D eigenvalue weighted by atomic mass is 16.2. The van der Waals surface area contributed by atoms with E-state index >= 15 is 0 Å². The van der Waals surface area contributed by atoms with Crippen LogP contribution in [0.15, 0.2) is 0 Å². The molecule has 1 rings (SSSR count). The molecular weight excluding hydrogens is 202 g/mol. The van der Waals surface area contributed by atoms with E-state index in [9.17, 15) is 4.79 Å². The quantitative estimate of drug-likeness (QED) is 0.668. The van der Waals surface area contributed by atoms with Crippen LogP contribution in [-0.2, 0) is 4.79 Å². The number of nitrogens with zero attached hydrogens (tertiary/aromatic N) is 1. The zero-order valence-electron chi connectivity index (χ0n) is 10.7. The van der Waals surface area contributed by atoms with Gasteiger partial charge in [0.05, 0.1) is 6.54 Å². The summed E-state index contributed by atoms with van der Waals surface area (Å²) in [6.45, 7) is 5.63. The molecule has 1 aliphatic rings. The molecule has 1 atom stereocenters. The summed E-state index contributed by atoms with van der Waals surface area (Å²) in [5.74, 6) is 0.650. The lowest BCUT2D eigenvalue weighted by molar-refractivity contribution is -0.122. The summed E-state index contributed by atoms with van der Waals surface area (Å²) >= 11 is 0. The Labute approximate surface area is 98.6 Å². The van der Waals surface area contributed by atoms with Gasteiger partial charge in [-0.25, -0.2) is 0 Å². The molecular formula is C12H25N3O. The number of carbonyl (C=O) groups is 1. The highest BCUT2D eigenvalue weighted by Gasteiger charge is 2.23. The number of amides is 1. The Kier molecular flexibility index (Phi) is 5.22. The zero-order valence-corrected chi connectivity index (χ0v) is 10.7. The zero-order chi connectivity index (χ0) is 12.1. The molecule has 4 nitrogen and oxygen atoms in total. The van der Waals surface area contributed by atoms with Gasteiger partial charge < -0.3 is 11.1 Å². The van der Waals surface area contributed by atoms with E-state index in [1.54, 1.807) is 0 Å². The summed E-state index contributed by atoms with van der Waals surface area (Å²) in [6, 6.07) is 0.688. The van der Waals surface area contributed by atoms with Crippen molar-refractivity contribution in [3.05, 3.63) is 0 Å². The topological polar surface area (TPSA) is 58.4 Å². The summed E-state index contributed by atoms with van der Waals surface area (Å²) in [4.78, 5) is 13.5. The first-order valence-corrected chi connectivity index (χ1v) is 6.22. The molecule has 1 unspecified atom stereocenters. The summed E-state index contributed by atoms with van der Waals surface area (Å²) in [7, 11) is 1.97. The highest BCUT2D eigenvalue weighted by molar-refractivity contribution is 5.78. The number of nitrogens with two attached hydrogens (primary N) is 1. The standard InChI is InChI=1S/C12H25N3O/c1-9(2)11(13)6-7-15(3)8-12(16)14-10-4-5-10/h9-11H,4-8,13H2,1-3H3,(H,14,16). The van der Waals surface area contributed by atoms with Gasteiger partial charge in [0.1, 0.15) is 0 Å². The van der Waals surface area contributed by atoms with E-state index in [-0.39, 0.29) is 11.9 Å². The molecule has 0 aromatic carbocycles. The van der Waals surface area contributed by atoms with Crippen LogP contribution < -0.4 is 11.1 Å². The molecule has 0 aromatic rings. The average molecular weight is 227 g/mol. The van der Waals surface area contributed by atoms with Gasteiger partial charge in [-0.1, -0.05) is 13.8 Å². The van der Waals surface area contributed by atoms with Gasteiger partial charge in [-0.05, 0) is 38.8 Å². The van der Waals surface area contributed by atoms with Gasteiger partial charge >= 0.3 is 0 Å². The van der Waals surface area contributed by atoms with Crippen molar-refractivity contribution in [3.8, 4) is 0 Å². The third-order valence-electron chi connectivity index (χ3n) is 3.06. The summed E-state index contributed by atoms with van der Waals surface area (Å²) in [5, 5.41) is 2.98. The molecule has 0 aliphatic heterocycles. The number of likely N-dealkylation sites (N-methyl/N-ethyl adjacent to an activating group) is 1. The number of carbonyl (C=O) groups excluding carboxylic acids is 1. The Morgan fingerprint density at radius 3 is 2.62 bits per heavy atom.